The highest BCUT2D eigenvalue weighted by atomic mass is 16.4. The number of likely N-dealkylation sites (tertiary alicyclic amines) is 1. The Morgan fingerprint density at radius 3 is 2.50 bits per heavy atom. The fourth-order valence-corrected chi connectivity index (χ4v) is 2.02. The Hall–Kier alpha value is -0.610. The number of piperidine rings is 1. The third-order valence-corrected chi connectivity index (χ3v) is 3.57. The number of hydrogen-bond acceptors (Lipinski definition) is 3. The lowest BCUT2D eigenvalue weighted by molar-refractivity contribution is -0.144. The maximum Gasteiger partial charge on any atom is 0.323 e. The van der Waals surface area contributed by atoms with E-state index in [0.29, 0.717) is 6.42 Å². The van der Waals surface area contributed by atoms with Crippen LogP contribution in [0.5, 0.6) is 0 Å². The van der Waals surface area contributed by atoms with Crippen molar-refractivity contribution in [1.29, 1.82) is 0 Å². The highest BCUT2D eigenvalue weighted by Gasteiger charge is 2.30. The van der Waals surface area contributed by atoms with Crippen LogP contribution in [0.4, 0.5) is 0 Å². The van der Waals surface area contributed by atoms with Crippen LogP contribution in [0.1, 0.15) is 39.5 Å². The van der Waals surface area contributed by atoms with E-state index < -0.39 is 11.5 Å². The van der Waals surface area contributed by atoms with Crippen molar-refractivity contribution in [3.05, 3.63) is 0 Å². The van der Waals surface area contributed by atoms with E-state index >= 15 is 0 Å². The van der Waals surface area contributed by atoms with Crippen molar-refractivity contribution in [3.63, 3.8) is 0 Å². The summed E-state index contributed by atoms with van der Waals surface area (Å²) in [6.07, 6.45) is 4.52. The van der Waals surface area contributed by atoms with E-state index in [1.807, 2.05) is 6.92 Å². The third kappa shape index (κ3) is 3.76. The first kappa shape index (κ1) is 13.5. The molecule has 1 aliphatic heterocycles. The van der Waals surface area contributed by atoms with E-state index in [1.54, 1.807) is 6.92 Å². The van der Waals surface area contributed by atoms with Crippen molar-refractivity contribution in [2.45, 2.75) is 45.1 Å². The second kappa shape index (κ2) is 6.21. The molecule has 0 spiro atoms. The predicted molar refractivity (Wildman–Crippen MR) is 64.6 cm³/mol. The average molecular weight is 228 g/mol. The average Bonchev–Trinajstić information content (AvgIpc) is 2.30. The number of hydrogen-bond donors (Lipinski definition) is 2. The molecule has 4 heteroatoms. The van der Waals surface area contributed by atoms with Gasteiger partial charge in [0, 0.05) is 13.1 Å². The van der Waals surface area contributed by atoms with E-state index in [2.05, 4.69) is 10.2 Å². The number of aliphatic carboxylic acids is 1. The molecule has 0 amide bonds. The molecular formula is C12H24N2O2. The normalized spacial score (nSPS) is 21.6. The van der Waals surface area contributed by atoms with Crippen LogP contribution < -0.4 is 5.32 Å². The summed E-state index contributed by atoms with van der Waals surface area (Å²) in [5.41, 5.74) is -0.768. The van der Waals surface area contributed by atoms with Gasteiger partial charge in [-0.1, -0.05) is 13.3 Å². The zero-order valence-electron chi connectivity index (χ0n) is 10.5. The van der Waals surface area contributed by atoms with Crippen LogP contribution in [0.15, 0.2) is 0 Å². The molecule has 4 nitrogen and oxygen atoms in total. The van der Waals surface area contributed by atoms with E-state index in [9.17, 15) is 4.79 Å². The SMILES string of the molecule is CCC(C)(NCCN1CCCCC1)C(=O)O. The van der Waals surface area contributed by atoms with Gasteiger partial charge in [-0.2, -0.15) is 0 Å². The zero-order valence-corrected chi connectivity index (χ0v) is 10.5. The lowest BCUT2D eigenvalue weighted by Gasteiger charge is -2.29. The fourth-order valence-electron chi connectivity index (χ4n) is 2.02. The van der Waals surface area contributed by atoms with Gasteiger partial charge >= 0.3 is 5.97 Å². The Morgan fingerprint density at radius 1 is 1.38 bits per heavy atom. The second-order valence-corrected chi connectivity index (χ2v) is 4.82. The van der Waals surface area contributed by atoms with E-state index in [0.717, 1.165) is 26.2 Å². The van der Waals surface area contributed by atoms with Crippen molar-refractivity contribution in [2.75, 3.05) is 26.2 Å². The number of rotatable bonds is 6. The Labute approximate surface area is 98.0 Å². The van der Waals surface area contributed by atoms with Crippen LogP contribution in [0.3, 0.4) is 0 Å². The molecular weight excluding hydrogens is 204 g/mol. The molecule has 1 unspecified atom stereocenters. The van der Waals surface area contributed by atoms with Gasteiger partial charge in [-0.3, -0.25) is 4.79 Å². The van der Waals surface area contributed by atoms with Crippen LogP contribution in [0, 0.1) is 0 Å². The molecule has 0 bridgehead atoms. The first-order valence-electron chi connectivity index (χ1n) is 6.29. The van der Waals surface area contributed by atoms with Crippen LogP contribution in [0.25, 0.3) is 0 Å². The summed E-state index contributed by atoms with van der Waals surface area (Å²) in [7, 11) is 0. The molecule has 0 aliphatic carbocycles. The standard InChI is InChI=1S/C12H24N2O2/c1-3-12(2,11(15)16)13-7-10-14-8-5-4-6-9-14/h13H,3-10H2,1-2H3,(H,15,16). The maximum absolute atomic E-state index is 11.1. The smallest absolute Gasteiger partial charge is 0.323 e. The molecule has 94 valence electrons. The summed E-state index contributed by atoms with van der Waals surface area (Å²) < 4.78 is 0. The lowest BCUT2D eigenvalue weighted by Crippen LogP contribution is -2.51. The van der Waals surface area contributed by atoms with Gasteiger partial charge in [0.05, 0.1) is 0 Å². The topological polar surface area (TPSA) is 52.6 Å². The molecule has 1 fully saturated rings. The zero-order chi connectivity index (χ0) is 12.0. The Morgan fingerprint density at radius 2 is 2.00 bits per heavy atom. The highest BCUT2D eigenvalue weighted by Crippen LogP contribution is 2.10. The van der Waals surface area contributed by atoms with Gasteiger partial charge < -0.3 is 15.3 Å². The molecule has 0 aromatic carbocycles. The van der Waals surface area contributed by atoms with E-state index in [4.69, 9.17) is 5.11 Å². The van der Waals surface area contributed by atoms with Gasteiger partial charge in [0.1, 0.15) is 5.54 Å². The quantitative estimate of drug-likeness (QED) is 0.720. The Bertz CT molecular complexity index is 227. The van der Waals surface area contributed by atoms with Crippen LogP contribution in [-0.4, -0.2) is 47.7 Å². The van der Waals surface area contributed by atoms with Crippen LogP contribution in [-0.2, 0) is 4.79 Å². The predicted octanol–water partition coefficient (Wildman–Crippen LogP) is 1.32. The van der Waals surface area contributed by atoms with E-state index in [-0.39, 0.29) is 0 Å². The Balaban J connectivity index is 2.25. The highest BCUT2D eigenvalue weighted by molar-refractivity contribution is 5.78. The number of carbonyl (C=O) groups is 1. The summed E-state index contributed by atoms with van der Waals surface area (Å²) in [5.74, 6) is -0.756. The monoisotopic (exact) mass is 228 g/mol. The first-order valence-corrected chi connectivity index (χ1v) is 6.29. The molecule has 0 aromatic heterocycles. The molecule has 0 radical (unpaired) electrons. The molecule has 1 aliphatic rings. The van der Waals surface area contributed by atoms with Gasteiger partial charge in [-0.25, -0.2) is 0 Å². The fraction of sp³-hybridized carbons (Fsp3) is 0.917. The summed E-state index contributed by atoms with van der Waals surface area (Å²) in [6.45, 7) is 7.71. The molecule has 1 rings (SSSR count). The van der Waals surface area contributed by atoms with Crippen molar-refractivity contribution < 1.29 is 9.90 Å². The summed E-state index contributed by atoms with van der Waals surface area (Å²) in [4.78, 5) is 13.5. The molecule has 1 atom stereocenters. The van der Waals surface area contributed by atoms with Gasteiger partial charge in [0.15, 0.2) is 0 Å². The van der Waals surface area contributed by atoms with Crippen molar-refractivity contribution in [1.82, 2.24) is 10.2 Å². The molecule has 1 heterocycles. The minimum absolute atomic E-state index is 0.613. The van der Waals surface area contributed by atoms with Gasteiger partial charge in [0.2, 0.25) is 0 Å². The number of nitrogens with zero attached hydrogens (tertiary/aromatic N) is 1. The maximum atomic E-state index is 11.1. The minimum atomic E-state index is -0.768. The number of carboxylic acids is 1. The van der Waals surface area contributed by atoms with Gasteiger partial charge in [-0.05, 0) is 39.3 Å². The molecule has 0 saturated carbocycles. The van der Waals surface area contributed by atoms with Crippen LogP contribution >= 0.6 is 0 Å². The number of carboxylic acid groups (broad SMARTS) is 1. The van der Waals surface area contributed by atoms with Gasteiger partial charge in [0.25, 0.3) is 0 Å². The molecule has 0 aromatic rings. The molecule has 2 N–H and O–H groups in total. The summed E-state index contributed by atoms with van der Waals surface area (Å²) in [5, 5.41) is 12.2. The largest absolute Gasteiger partial charge is 0.480 e. The van der Waals surface area contributed by atoms with Gasteiger partial charge in [-0.15, -0.1) is 0 Å². The Kier molecular flexibility index (Phi) is 5.22. The first-order chi connectivity index (χ1) is 7.58. The van der Waals surface area contributed by atoms with Crippen LogP contribution in [0.2, 0.25) is 0 Å². The minimum Gasteiger partial charge on any atom is -0.480 e. The third-order valence-electron chi connectivity index (χ3n) is 3.57. The van der Waals surface area contributed by atoms with Crippen molar-refractivity contribution in [3.8, 4) is 0 Å². The lowest BCUT2D eigenvalue weighted by atomic mass is 9.99. The summed E-state index contributed by atoms with van der Waals surface area (Å²) >= 11 is 0. The summed E-state index contributed by atoms with van der Waals surface area (Å²) in [6, 6.07) is 0. The second-order valence-electron chi connectivity index (χ2n) is 4.82. The molecule has 1 saturated heterocycles. The number of nitrogens with one attached hydrogen (secondary N) is 1. The van der Waals surface area contributed by atoms with E-state index in [1.165, 1.54) is 19.3 Å². The van der Waals surface area contributed by atoms with Crippen molar-refractivity contribution in [2.24, 2.45) is 0 Å². The molecule has 16 heavy (non-hydrogen) atoms. The van der Waals surface area contributed by atoms with Crippen molar-refractivity contribution >= 4 is 5.97 Å².